The van der Waals surface area contributed by atoms with E-state index in [2.05, 4.69) is 11.8 Å². The van der Waals surface area contributed by atoms with Crippen molar-refractivity contribution in [3.8, 4) is 17.6 Å². The van der Waals surface area contributed by atoms with Crippen LogP contribution in [0.3, 0.4) is 0 Å². The Morgan fingerprint density at radius 2 is 2.05 bits per heavy atom. The Bertz CT molecular complexity index is 467. The molecule has 0 bridgehead atoms. The van der Waals surface area contributed by atoms with Crippen LogP contribution >= 0.6 is 0 Å². The van der Waals surface area contributed by atoms with E-state index in [0.717, 1.165) is 12.8 Å². The van der Waals surface area contributed by atoms with Crippen molar-refractivity contribution in [3.05, 3.63) is 29.6 Å². The largest absolute Gasteiger partial charge is 0.489 e. The molecule has 0 saturated heterocycles. The zero-order valence-electron chi connectivity index (χ0n) is 11.0. The molecule has 0 aliphatic heterocycles. The summed E-state index contributed by atoms with van der Waals surface area (Å²) in [6, 6.07) is 4.44. The average molecular weight is 262 g/mol. The van der Waals surface area contributed by atoms with Gasteiger partial charge in [-0.15, -0.1) is 0 Å². The average Bonchev–Trinajstić information content (AvgIpc) is 2.43. The summed E-state index contributed by atoms with van der Waals surface area (Å²) in [5.41, 5.74) is 0.569. The van der Waals surface area contributed by atoms with Crippen molar-refractivity contribution in [2.75, 3.05) is 6.61 Å². The van der Waals surface area contributed by atoms with E-state index in [1.54, 1.807) is 6.07 Å². The maximum absolute atomic E-state index is 13.3. The second-order valence-corrected chi connectivity index (χ2v) is 4.79. The summed E-state index contributed by atoms with van der Waals surface area (Å²) in [6.07, 6.45) is 6.38. The molecule has 2 rings (SSSR count). The standard InChI is InChI=1S/C16H19FO2/c17-14-9-10-16(13(12-14)6-4-5-11-18)19-15-7-2-1-3-8-15/h9-10,12,15,18H,1-3,5,7-8,11H2. The summed E-state index contributed by atoms with van der Waals surface area (Å²) < 4.78 is 19.2. The van der Waals surface area contributed by atoms with Crippen molar-refractivity contribution in [2.45, 2.75) is 44.6 Å². The molecular formula is C16H19FO2. The van der Waals surface area contributed by atoms with E-state index in [-0.39, 0.29) is 18.5 Å². The Kier molecular flexibility index (Phi) is 5.23. The van der Waals surface area contributed by atoms with Crippen LogP contribution in [0.1, 0.15) is 44.1 Å². The van der Waals surface area contributed by atoms with Gasteiger partial charge in [-0.05, 0) is 43.9 Å². The molecule has 1 aromatic carbocycles. The number of aliphatic hydroxyl groups is 1. The van der Waals surface area contributed by atoms with Gasteiger partial charge < -0.3 is 9.84 Å². The number of aliphatic hydroxyl groups excluding tert-OH is 1. The maximum Gasteiger partial charge on any atom is 0.135 e. The molecule has 0 atom stereocenters. The van der Waals surface area contributed by atoms with Crippen molar-refractivity contribution in [2.24, 2.45) is 0 Å². The van der Waals surface area contributed by atoms with Crippen molar-refractivity contribution in [3.63, 3.8) is 0 Å². The van der Waals surface area contributed by atoms with Crippen LogP contribution in [0.25, 0.3) is 0 Å². The van der Waals surface area contributed by atoms with Crippen LogP contribution in [-0.4, -0.2) is 17.8 Å². The minimum Gasteiger partial charge on any atom is -0.489 e. The highest BCUT2D eigenvalue weighted by molar-refractivity contribution is 5.46. The normalized spacial score (nSPS) is 15.7. The van der Waals surface area contributed by atoms with Gasteiger partial charge >= 0.3 is 0 Å². The van der Waals surface area contributed by atoms with Gasteiger partial charge in [-0.25, -0.2) is 4.39 Å². The van der Waals surface area contributed by atoms with Gasteiger partial charge in [-0.2, -0.15) is 0 Å². The minimum absolute atomic E-state index is 0.0150. The van der Waals surface area contributed by atoms with E-state index in [0.29, 0.717) is 17.7 Å². The minimum atomic E-state index is -0.315. The second-order valence-electron chi connectivity index (χ2n) is 4.79. The van der Waals surface area contributed by atoms with Crippen LogP contribution < -0.4 is 4.74 Å². The molecule has 1 aliphatic carbocycles. The van der Waals surface area contributed by atoms with Gasteiger partial charge in [0.05, 0.1) is 18.3 Å². The highest BCUT2D eigenvalue weighted by Gasteiger charge is 2.16. The Balaban J connectivity index is 2.12. The maximum atomic E-state index is 13.3. The SMILES string of the molecule is OCCC#Cc1cc(F)ccc1OC1CCCCC1. The van der Waals surface area contributed by atoms with E-state index in [4.69, 9.17) is 9.84 Å². The molecule has 1 aliphatic rings. The van der Waals surface area contributed by atoms with Gasteiger partial charge in [-0.1, -0.05) is 18.3 Å². The van der Waals surface area contributed by atoms with E-state index in [1.165, 1.54) is 31.4 Å². The fourth-order valence-electron chi connectivity index (χ4n) is 2.28. The van der Waals surface area contributed by atoms with E-state index < -0.39 is 0 Å². The molecule has 0 heterocycles. The Morgan fingerprint density at radius 1 is 1.26 bits per heavy atom. The van der Waals surface area contributed by atoms with Gasteiger partial charge in [0.25, 0.3) is 0 Å². The molecule has 102 valence electrons. The molecule has 1 saturated carbocycles. The molecule has 0 radical (unpaired) electrons. The van der Waals surface area contributed by atoms with E-state index >= 15 is 0 Å². The molecule has 0 spiro atoms. The van der Waals surface area contributed by atoms with Crippen LogP contribution in [0.4, 0.5) is 4.39 Å². The molecule has 1 N–H and O–H groups in total. The first kappa shape index (κ1) is 13.9. The summed E-state index contributed by atoms with van der Waals surface area (Å²) >= 11 is 0. The monoisotopic (exact) mass is 262 g/mol. The lowest BCUT2D eigenvalue weighted by Crippen LogP contribution is -2.20. The van der Waals surface area contributed by atoms with Gasteiger partial charge in [0.2, 0.25) is 0 Å². The smallest absolute Gasteiger partial charge is 0.135 e. The van der Waals surface area contributed by atoms with E-state index in [9.17, 15) is 4.39 Å². The first-order chi connectivity index (χ1) is 9.29. The highest BCUT2D eigenvalue weighted by atomic mass is 19.1. The summed E-state index contributed by atoms with van der Waals surface area (Å²) in [6.45, 7) is 0.0150. The molecule has 3 heteroatoms. The number of rotatable bonds is 3. The topological polar surface area (TPSA) is 29.5 Å². The zero-order chi connectivity index (χ0) is 13.5. The van der Waals surface area contributed by atoms with Gasteiger partial charge in [-0.3, -0.25) is 0 Å². The Morgan fingerprint density at radius 3 is 2.79 bits per heavy atom. The molecule has 1 fully saturated rings. The van der Waals surface area contributed by atoms with Crippen LogP contribution in [0.2, 0.25) is 0 Å². The fraction of sp³-hybridized carbons (Fsp3) is 0.500. The molecule has 1 aromatic rings. The summed E-state index contributed by atoms with van der Waals surface area (Å²) in [4.78, 5) is 0. The quantitative estimate of drug-likeness (QED) is 0.847. The lowest BCUT2D eigenvalue weighted by Gasteiger charge is -2.23. The number of halogens is 1. The van der Waals surface area contributed by atoms with Crippen molar-refractivity contribution in [1.29, 1.82) is 0 Å². The molecule has 0 amide bonds. The van der Waals surface area contributed by atoms with Crippen molar-refractivity contribution < 1.29 is 14.2 Å². The molecule has 0 aromatic heterocycles. The van der Waals surface area contributed by atoms with Gasteiger partial charge in [0.1, 0.15) is 11.6 Å². The van der Waals surface area contributed by atoms with Crippen LogP contribution in [0.5, 0.6) is 5.75 Å². The van der Waals surface area contributed by atoms with Crippen LogP contribution in [0.15, 0.2) is 18.2 Å². The van der Waals surface area contributed by atoms with E-state index in [1.807, 2.05) is 0 Å². The number of ether oxygens (including phenoxy) is 1. The second kappa shape index (κ2) is 7.16. The van der Waals surface area contributed by atoms with Crippen LogP contribution in [-0.2, 0) is 0 Å². The third-order valence-electron chi connectivity index (χ3n) is 3.25. The third-order valence-corrected chi connectivity index (χ3v) is 3.25. The fourth-order valence-corrected chi connectivity index (χ4v) is 2.28. The number of hydrogen-bond donors (Lipinski definition) is 1. The summed E-state index contributed by atoms with van der Waals surface area (Å²) in [5.74, 6) is 6.02. The van der Waals surface area contributed by atoms with Gasteiger partial charge in [0.15, 0.2) is 0 Å². The Hall–Kier alpha value is -1.53. The lowest BCUT2D eigenvalue weighted by atomic mass is 9.97. The molecule has 0 unspecified atom stereocenters. The molecule has 19 heavy (non-hydrogen) atoms. The first-order valence-electron chi connectivity index (χ1n) is 6.85. The highest BCUT2D eigenvalue weighted by Crippen LogP contribution is 2.26. The predicted molar refractivity (Wildman–Crippen MR) is 72.5 cm³/mol. The van der Waals surface area contributed by atoms with Gasteiger partial charge in [0, 0.05) is 6.42 Å². The number of benzene rings is 1. The van der Waals surface area contributed by atoms with Crippen LogP contribution in [0, 0.1) is 17.7 Å². The Labute approximate surface area is 113 Å². The van der Waals surface area contributed by atoms with Crippen molar-refractivity contribution in [1.82, 2.24) is 0 Å². The third kappa shape index (κ3) is 4.25. The lowest BCUT2D eigenvalue weighted by molar-refractivity contribution is 0.154. The molecule has 2 nitrogen and oxygen atoms in total. The predicted octanol–water partition coefficient (Wildman–Crippen LogP) is 3.27. The number of hydrogen-bond acceptors (Lipinski definition) is 2. The first-order valence-corrected chi connectivity index (χ1v) is 6.85. The summed E-state index contributed by atoms with van der Waals surface area (Å²) in [5, 5.41) is 8.72. The molecular weight excluding hydrogens is 243 g/mol. The summed E-state index contributed by atoms with van der Waals surface area (Å²) in [7, 11) is 0. The zero-order valence-corrected chi connectivity index (χ0v) is 11.0. The van der Waals surface area contributed by atoms with Crippen molar-refractivity contribution >= 4 is 0 Å².